The van der Waals surface area contributed by atoms with Crippen molar-refractivity contribution in [2.45, 2.75) is 13.1 Å². The highest BCUT2D eigenvalue weighted by Crippen LogP contribution is 2.14. The second kappa shape index (κ2) is 9.50. The molecule has 1 aromatic carbocycles. The maximum atomic E-state index is 6.05. The molecule has 1 heterocycles. The van der Waals surface area contributed by atoms with Crippen molar-refractivity contribution in [2.75, 3.05) is 0 Å². The third kappa shape index (κ3) is 5.48. The van der Waals surface area contributed by atoms with E-state index in [2.05, 4.69) is 10.3 Å². The van der Waals surface area contributed by atoms with E-state index in [-0.39, 0.29) is 34.0 Å². The van der Waals surface area contributed by atoms with E-state index in [9.17, 15) is 0 Å². The smallest absolute Gasteiger partial charge is 0.0450 e. The molecule has 98 valence electrons. The van der Waals surface area contributed by atoms with Crippen LogP contribution < -0.4 is 39.3 Å². The van der Waals surface area contributed by atoms with Gasteiger partial charge in [0.1, 0.15) is 0 Å². The lowest BCUT2D eigenvalue weighted by Gasteiger charge is -2.06. The topological polar surface area (TPSA) is 24.9 Å². The molecule has 0 saturated carbocycles. The summed E-state index contributed by atoms with van der Waals surface area (Å²) in [5.74, 6) is 0. The fraction of sp³-hybridized carbons (Fsp3) is 0.154. The zero-order chi connectivity index (χ0) is 11.2. The van der Waals surface area contributed by atoms with Crippen LogP contribution in [-0.2, 0) is 13.1 Å². The average molecular weight is 393 g/mol. The Hall–Kier alpha value is -0.420. The quantitative estimate of drug-likeness (QED) is 0.601. The van der Waals surface area contributed by atoms with Crippen molar-refractivity contribution in [1.82, 2.24) is 10.3 Å². The predicted octanol–water partition coefficient (Wildman–Crippen LogP) is -2.97. The van der Waals surface area contributed by atoms with Crippen LogP contribution in [0.2, 0.25) is 5.02 Å². The summed E-state index contributed by atoms with van der Waals surface area (Å²) in [6.07, 6.45) is 3.64. The molecule has 0 amide bonds. The first-order valence-electron chi connectivity index (χ1n) is 5.19. The summed E-state index contributed by atoms with van der Waals surface area (Å²) in [5, 5.41) is 4.14. The van der Waals surface area contributed by atoms with Crippen molar-refractivity contribution < 1.29 is 34.0 Å². The minimum atomic E-state index is 0. The highest BCUT2D eigenvalue weighted by atomic mass is 79.9. The van der Waals surface area contributed by atoms with E-state index in [0.717, 1.165) is 23.7 Å². The van der Waals surface area contributed by atoms with Crippen molar-refractivity contribution in [1.29, 1.82) is 0 Å². The van der Waals surface area contributed by atoms with Crippen LogP contribution in [0, 0.1) is 0 Å². The minimum Gasteiger partial charge on any atom is -1.00 e. The number of pyridine rings is 1. The lowest BCUT2D eigenvalue weighted by molar-refractivity contribution is -0.00100. The number of hydrogen-bond acceptors (Lipinski definition) is 2. The van der Waals surface area contributed by atoms with Crippen molar-refractivity contribution in [3.63, 3.8) is 0 Å². The molecule has 2 nitrogen and oxygen atoms in total. The van der Waals surface area contributed by atoms with Crippen LogP contribution in [0.25, 0.3) is 0 Å². The first-order chi connectivity index (χ1) is 7.86. The fourth-order valence-corrected chi connectivity index (χ4v) is 1.69. The lowest BCUT2D eigenvalue weighted by Crippen LogP contribution is -3.00. The summed E-state index contributed by atoms with van der Waals surface area (Å²) in [4.78, 5) is 4.06. The molecule has 0 aliphatic rings. The van der Waals surface area contributed by atoms with Gasteiger partial charge in [0.15, 0.2) is 0 Å². The average Bonchev–Trinajstić information content (AvgIpc) is 2.33. The van der Waals surface area contributed by atoms with Gasteiger partial charge >= 0.3 is 0 Å². The highest BCUT2D eigenvalue weighted by molar-refractivity contribution is 6.31. The zero-order valence-corrected chi connectivity index (χ0v) is 13.5. The molecule has 0 radical (unpaired) electrons. The largest absolute Gasteiger partial charge is 1.00 e. The van der Waals surface area contributed by atoms with E-state index in [0.29, 0.717) is 0 Å². The van der Waals surface area contributed by atoms with E-state index < -0.39 is 0 Å². The van der Waals surface area contributed by atoms with E-state index in [4.69, 9.17) is 11.6 Å². The molecule has 2 aromatic rings. The number of aromatic nitrogens is 1. The monoisotopic (exact) mass is 390 g/mol. The molecule has 0 aliphatic heterocycles. The second-order valence-electron chi connectivity index (χ2n) is 3.56. The van der Waals surface area contributed by atoms with Crippen LogP contribution in [0.1, 0.15) is 11.1 Å². The molecule has 0 atom stereocenters. The summed E-state index contributed by atoms with van der Waals surface area (Å²) in [6.45, 7) is 1.58. The normalized spacial score (nSPS) is 9.17. The van der Waals surface area contributed by atoms with Crippen molar-refractivity contribution in [3.05, 3.63) is 64.9 Å². The number of nitrogens with zero attached hydrogens (tertiary/aromatic N) is 1. The van der Waals surface area contributed by atoms with Crippen LogP contribution in [0.3, 0.4) is 0 Å². The molecule has 0 spiro atoms. The molecule has 0 aliphatic carbocycles. The summed E-state index contributed by atoms with van der Waals surface area (Å²) >= 11 is 6.05. The van der Waals surface area contributed by atoms with Gasteiger partial charge in [-0.3, -0.25) is 4.98 Å². The number of halogens is 3. The van der Waals surface area contributed by atoms with Gasteiger partial charge in [-0.25, -0.2) is 0 Å². The van der Waals surface area contributed by atoms with Crippen molar-refractivity contribution >= 4 is 11.6 Å². The number of nitrogens with one attached hydrogen (secondary N) is 1. The summed E-state index contributed by atoms with van der Waals surface area (Å²) < 4.78 is 0. The van der Waals surface area contributed by atoms with Crippen LogP contribution >= 0.6 is 11.6 Å². The summed E-state index contributed by atoms with van der Waals surface area (Å²) in [5.41, 5.74) is 2.29. The Morgan fingerprint density at radius 1 is 1.00 bits per heavy atom. The molecule has 0 fully saturated rings. The molecular weight excluding hydrogens is 379 g/mol. The Morgan fingerprint density at radius 3 is 2.44 bits per heavy atom. The first kappa shape index (κ1) is 17.6. The minimum absolute atomic E-state index is 0. The molecular formula is C13H13Br2ClN2-2. The van der Waals surface area contributed by atoms with Gasteiger partial charge in [0.05, 0.1) is 0 Å². The molecule has 5 heteroatoms. The van der Waals surface area contributed by atoms with Gasteiger partial charge in [0, 0.05) is 30.5 Å². The molecule has 1 aromatic heterocycles. The van der Waals surface area contributed by atoms with Crippen LogP contribution in [-0.4, -0.2) is 4.98 Å². The third-order valence-electron chi connectivity index (χ3n) is 2.33. The molecule has 0 saturated heterocycles. The maximum Gasteiger partial charge on any atom is 0.0450 e. The number of benzene rings is 1. The van der Waals surface area contributed by atoms with E-state index in [1.807, 2.05) is 42.6 Å². The maximum absolute atomic E-state index is 6.05. The van der Waals surface area contributed by atoms with Crippen LogP contribution in [0.4, 0.5) is 0 Å². The Kier molecular flexibility index (Phi) is 9.28. The molecule has 0 bridgehead atoms. The lowest BCUT2D eigenvalue weighted by atomic mass is 10.2. The van der Waals surface area contributed by atoms with Gasteiger partial charge in [0.2, 0.25) is 0 Å². The number of rotatable bonds is 4. The Bertz CT molecular complexity index is 452. The van der Waals surface area contributed by atoms with E-state index in [1.54, 1.807) is 6.20 Å². The molecule has 0 unspecified atom stereocenters. The van der Waals surface area contributed by atoms with Gasteiger partial charge in [-0.2, -0.15) is 0 Å². The van der Waals surface area contributed by atoms with Gasteiger partial charge in [-0.15, -0.1) is 0 Å². The first-order valence-corrected chi connectivity index (χ1v) is 5.57. The standard InChI is InChI=1S/C13H13ClN2.2BrH/c14-13-6-2-1-5-12(13)10-16-9-11-4-3-7-15-8-11;;/h1-8,16H,9-10H2;2*1H/p-2. The molecule has 2 rings (SSSR count). The van der Waals surface area contributed by atoms with Gasteiger partial charge in [-0.05, 0) is 23.3 Å². The summed E-state index contributed by atoms with van der Waals surface area (Å²) in [7, 11) is 0. The third-order valence-corrected chi connectivity index (χ3v) is 2.69. The highest BCUT2D eigenvalue weighted by Gasteiger charge is 1.98. The fourth-order valence-electron chi connectivity index (χ4n) is 1.49. The van der Waals surface area contributed by atoms with Gasteiger partial charge in [0.25, 0.3) is 0 Å². The Morgan fingerprint density at radius 2 is 1.78 bits per heavy atom. The molecule has 18 heavy (non-hydrogen) atoms. The molecule has 1 N–H and O–H groups in total. The summed E-state index contributed by atoms with van der Waals surface area (Å²) in [6, 6.07) is 11.8. The van der Waals surface area contributed by atoms with Gasteiger partial charge in [-0.1, -0.05) is 35.9 Å². The van der Waals surface area contributed by atoms with E-state index >= 15 is 0 Å². The van der Waals surface area contributed by atoms with Crippen molar-refractivity contribution in [2.24, 2.45) is 0 Å². The van der Waals surface area contributed by atoms with Gasteiger partial charge < -0.3 is 39.3 Å². The predicted molar refractivity (Wildman–Crippen MR) is 66.2 cm³/mol. The van der Waals surface area contributed by atoms with Crippen LogP contribution in [0.5, 0.6) is 0 Å². The van der Waals surface area contributed by atoms with Crippen LogP contribution in [0.15, 0.2) is 48.8 Å². The van der Waals surface area contributed by atoms with E-state index in [1.165, 1.54) is 5.56 Å². The Balaban J connectivity index is 0.00000144. The Labute approximate surface area is 133 Å². The zero-order valence-electron chi connectivity index (χ0n) is 9.61. The second-order valence-corrected chi connectivity index (χ2v) is 3.96. The van der Waals surface area contributed by atoms with Crippen molar-refractivity contribution in [3.8, 4) is 0 Å². The SMILES string of the molecule is Clc1ccccc1CNCc1cccnc1.[Br-].[Br-]. The number of hydrogen-bond donors (Lipinski definition) is 1.